The van der Waals surface area contributed by atoms with E-state index < -0.39 is 5.97 Å². The molecule has 0 unspecified atom stereocenters. The molecule has 0 aliphatic carbocycles. The van der Waals surface area contributed by atoms with Crippen molar-refractivity contribution in [2.24, 2.45) is 0 Å². The highest BCUT2D eigenvalue weighted by Crippen LogP contribution is 2.46. The molecule has 152 valence electrons. The molecule has 2 aromatic carbocycles. The van der Waals surface area contributed by atoms with Crippen LogP contribution in [0.3, 0.4) is 0 Å². The van der Waals surface area contributed by atoms with Gasteiger partial charge in [0.15, 0.2) is 12.4 Å². The summed E-state index contributed by atoms with van der Waals surface area (Å²) in [4.78, 5) is 27.6. The Bertz CT molecular complexity index is 984. The minimum atomic E-state index is -0.397. The van der Waals surface area contributed by atoms with Crippen LogP contribution in [0.4, 0.5) is 5.69 Å². The molecular weight excluding hydrogens is 450 g/mol. The van der Waals surface area contributed by atoms with Gasteiger partial charge in [-0.1, -0.05) is 48.0 Å². The van der Waals surface area contributed by atoms with E-state index in [2.05, 4.69) is 35.8 Å². The highest BCUT2D eigenvalue weighted by molar-refractivity contribution is 9.10. The summed E-state index contributed by atoms with van der Waals surface area (Å²) in [6.07, 6.45) is 1.60. The molecule has 0 amide bonds. The number of hydrogen-bond donors (Lipinski definition) is 0. The van der Waals surface area contributed by atoms with Gasteiger partial charge in [0.2, 0.25) is 0 Å². The van der Waals surface area contributed by atoms with Crippen molar-refractivity contribution in [3.05, 3.63) is 69.8 Å². The van der Waals surface area contributed by atoms with E-state index in [0.717, 1.165) is 26.3 Å². The number of carbonyl (C=O) groups excluding carboxylic acids is 2. The number of esters is 1. The number of anilines is 1. The van der Waals surface area contributed by atoms with Crippen LogP contribution in [0.25, 0.3) is 0 Å². The van der Waals surface area contributed by atoms with Crippen LogP contribution in [-0.4, -0.2) is 31.2 Å². The first-order valence-electron chi connectivity index (χ1n) is 9.33. The van der Waals surface area contributed by atoms with Gasteiger partial charge in [-0.2, -0.15) is 0 Å². The van der Waals surface area contributed by atoms with Gasteiger partial charge in [-0.05, 0) is 42.3 Å². The third kappa shape index (κ3) is 4.75. The lowest BCUT2D eigenvalue weighted by atomic mass is 9.83. The van der Waals surface area contributed by atoms with Crippen molar-refractivity contribution in [2.75, 3.05) is 24.3 Å². The number of allylic oxidation sites excluding steroid dienone is 1. The number of ether oxygens (including phenoxy) is 1. The van der Waals surface area contributed by atoms with Crippen LogP contribution in [0.5, 0.6) is 0 Å². The maximum atomic E-state index is 12.5. The molecule has 0 saturated carbocycles. The molecule has 2 aromatic rings. The molecule has 1 aliphatic rings. The van der Waals surface area contributed by atoms with E-state index in [0.29, 0.717) is 0 Å². The van der Waals surface area contributed by atoms with Crippen LogP contribution in [0.1, 0.15) is 25.0 Å². The number of carbonyl (C=O) groups is 2. The standard InChI is InChI=1S/C23H24BrNO3S/c1-15-11-16(24)9-10-20(15)29-14-22(27)28-13-17(26)12-21-23(2,3)18-7-5-6-8-19(18)25(21)4/h5-12H,13-14H2,1-4H3/b21-12+. The van der Waals surface area contributed by atoms with Gasteiger partial charge in [0.25, 0.3) is 0 Å². The van der Waals surface area contributed by atoms with Gasteiger partial charge in [-0.15, -0.1) is 11.8 Å². The third-order valence-electron chi connectivity index (χ3n) is 5.10. The highest BCUT2D eigenvalue weighted by atomic mass is 79.9. The van der Waals surface area contributed by atoms with E-state index in [1.54, 1.807) is 6.08 Å². The molecule has 6 heteroatoms. The number of likely N-dealkylation sites (N-methyl/N-ethyl adjacent to an activating group) is 1. The predicted octanol–water partition coefficient (Wildman–Crippen LogP) is 5.27. The largest absolute Gasteiger partial charge is 0.457 e. The molecule has 0 N–H and O–H groups in total. The zero-order valence-corrected chi connectivity index (χ0v) is 19.4. The van der Waals surface area contributed by atoms with Gasteiger partial charge in [-0.25, -0.2) is 0 Å². The molecule has 0 bridgehead atoms. The summed E-state index contributed by atoms with van der Waals surface area (Å²) in [5.74, 6) is -0.444. The molecule has 0 saturated heterocycles. The van der Waals surface area contributed by atoms with Crippen molar-refractivity contribution < 1.29 is 14.3 Å². The van der Waals surface area contributed by atoms with Crippen LogP contribution < -0.4 is 4.90 Å². The first-order valence-corrected chi connectivity index (χ1v) is 11.1. The summed E-state index contributed by atoms with van der Waals surface area (Å²) >= 11 is 4.84. The lowest BCUT2D eigenvalue weighted by Gasteiger charge is -2.23. The summed E-state index contributed by atoms with van der Waals surface area (Å²) in [7, 11) is 1.95. The van der Waals surface area contributed by atoms with E-state index in [1.165, 1.54) is 17.3 Å². The monoisotopic (exact) mass is 473 g/mol. The number of para-hydroxylation sites is 1. The van der Waals surface area contributed by atoms with Crippen LogP contribution in [0.15, 0.2) is 63.6 Å². The minimum absolute atomic E-state index is 0.170. The summed E-state index contributed by atoms with van der Waals surface area (Å²) in [5.41, 5.74) is 3.98. The van der Waals surface area contributed by atoms with Crippen LogP contribution in [0, 0.1) is 6.92 Å². The van der Waals surface area contributed by atoms with Crippen molar-refractivity contribution in [3.8, 4) is 0 Å². The van der Waals surface area contributed by atoms with Crippen molar-refractivity contribution >= 4 is 45.1 Å². The SMILES string of the molecule is Cc1cc(Br)ccc1SCC(=O)OCC(=O)/C=C1/N(C)c2ccccc2C1(C)C. The molecule has 1 aliphatic heterocycles. The molecule has 0 radical (unpaired) electrons. The number of hydrogen-bond acceptors (Lipinski definition) is 5. The second-order valence-electron chi connectivity index (χ2n) is 7.56. The van der Waals surface area contributed by atoms with Crippen LogP contribution in [-0.2, 0) is 19.7 Å². The van der Waals surface area contributed by atoms with E-state index in [1.807, 2.05) is 55.3 Å². The first kappa shape index (κ1) is 21.7. The zero-order chi connectivity index (χ0) is 21.2. The Morgan fingerprint density at radius 1 is 1.21 bits per heavy atom. The molecule has 29 heavy (non-hydrogen) atoms. The summed E-state index contributed by atoms with van der Waals surface area (Å²) in [6.45, 7) is 5.93. The van der Waals surface area contributed by atoms with Crippen LogP contribution >= 0.6 is 27.7 Å². The topological polar surface area (TPSA) is 46.6 Å². The van der Waals surface area contributed by atoms with Gasteiger partial charge in [0.05, 0.1) is 5.75 Å². The Balaban J connectivity index is 1.58. The van der Waals surface area contributed by atoms with E-state index in [4.69, 9.17) is 4.74 Å². The van der Waals surface area contributed by atoms with Crippen molar-refractivity contribution in [1.82, 2.24) is 0 Å². The zero-order valence-electron chi connectivity index (χ0n) is 17.0. The second kappa shape index (κ2) is 8.76. The van der Waals surface area contributed by atoms with Gasteiger partial charge >= 0.3 is 5.97 Å². The Hall–Kier alpha value is -2.05. The average Bonchev–Trinajstić information content (AvgIpc) is 2.87. The Morgan fingerprint density at radius 2 is 1.93 bits per heavy atom. The average molecular weight is 474 g/mol. The smallest absolute Gasteiger partial charge is 0.316 e. The van der Waals surface area contributed by atoms with Gasteiger partial charge < -0.3 is 9.64 Å². The summed E-state index contributed by atoms with van der Waals surface area (Å²) in [5, 5.41) is 0. The number of nitrogens with zero attached hydrogens (tertiary/aromatic N) is 1. The lowest BCUT2D eigenvalue weighted by molar-refractivity contribution is -0.144. The number of aryl methyl sites for hydroxylation is 1. The van der Waals surface area contributed by atoms with E-state index in [-0.39, 0.29) is 23.6 Å². The molecular formula is C23H24BrNO3S. The van der Waals surface area contributed by atoms with Crippen molar-refractivity contribution in [1.29, 1.82) is 0 Å². The molecule has 0 fully saturated rings. The van der Waals surface area contributed by atoms with E-state index in [9.17, 15) is 9.59 Å². The molecule has 4 nitrogen and oxygen atoms in total. The number of fused-ring (bicyclic) bond motifs is 1. The van der Waals surface area contributed by atoms with Crippen LogP contribution in [0.2, 0.25) is 0 Å². The second-order valence-corrected chi connectivity index (χ2v) is 9.49. The van der Waals surface area contributed by atoms with E-state index >= 15 is 0 Å². The fourth-order valence-electron chi connectivity index (χ4n) is 3.56. The van der Waals surface area contributed by atoms with Gasteiger partial charge in [0, 0.05) is 39.3 Å². The minimum Gasteiger partial charge on any atom is -0.457 e. The highest BCUT2D eigenvalue weighted by Gasteiger charge is 2.38. The number of ketones is 1. The summed E-state index contributed by atoms with van der Waals surface area (Å²) < 4.78 is 6.20. The van der Waals surface area contributed by atoms with Crippen molar-refractivity contribution in [3.63, 3.8) is 0 Å². The molecule has 3 rings (SSSR count). The molecule has 1 heterocycles. The Kier molecular flexibility index (Phi) is 6.54. The number of thioether (sulfide) groups is 1. The molecule has 0 aromatic heterocycles. The number of benzene rings is 2. The van der Waals surface area contributed by atoms with Gasteiger partial charge in [0.1, 0.15) is 0 Å². The number of rotatable bonds is 6. The fourth-order valence-corrected chi connectivity index (χ4v) is 4.84. The van der Waals surface area contributed by atoms with Gasteiger partial charge in [-0.3, -0.25) is 9.59 Å². The third-order valence-corrected chi connectivity index (χ3v) is 6.74. The first-order chi connectivity index (χ1) is 13.7. The molecule has 0 atom stereocenters. The maximum absolute atomic E-state index is 12.5. The van der Waals surface area contributed by atoms with Crippen molar-refractivity contribution in [2.45, 2.75) is 31.1 Å². The predicted molar refractivity (Wildman–Crippen MR) is 122 cm³/mol. The maximum Gasteiger partial charge on any atom is 0.316 e. The quantitative estimate of drug-likeness (QED) is 0.324. The summed E-state index contributed by atoms with van der Waals surface area (Å²) in [6, 6.07) is 14.0. The fraction of sp³-hybridized carbons (Fsp3) is 0.304. The Labute approximate surface area is 184 Å². The number of halogens is 1. The normalized spacial score (nSPS) is 16.0. The molecule has 0 spiro atoms. The Morgan fingerprint density at radius 3 is 2.62 bits per heavy atom. The lowest BCUT2D eigenvalue weighted by Crippen LogP contribution is -2.25.